The second-order valence-electron chi connectivity index (χ2n) is 9.59. The quantitative estimate of drug-likeness (QED) is 0.510. The van der Waals surface area contributed by atoms with Gasteiger partial charge in [-0.3, -0.25) is 14.5 Å². The molecule has 10 nitrogen and oxygen atoms in total. The number of nitrogens with zero attached hydrogens (tertiary/aromatic N) is 1. The molecule has 4 amide bonds. The second-order valence-corrected chi connectivity index (χ2v) is 9.59. The molecule has 1 saturated heterocycles. The lowest BCUT2D eigenvalue weighted by Gasteiger charge is -2.43. The Morgan fingerprint density at radius 2 is 1.64 bits per heavy atom. The number of ether oxygens (including phenoxy) is 2. The van der Waals surface area contributed by atoms with Gasteiger partial charge < -0.3 is 20.1 Å². The highest BCUT2D eigenvalue weighted by Crippen LogP contribution is 2.46. The van der Waals surface area contributed by atoms with E-state index in [1.165, 1.54) is 32.4 Å². The molecule has 10 heteroatoms. The molecule has 0 bridgehead atoms. The van der Waals surface area contributed by atoms with E-state index in [0.717, 1.165) is 11.3 Å². The lowest BCUT2D eigenvalue weighted by Crippen LogP contribution is -2.54. The molecule has 1 aliphatic carbocycles. The third-order valence-corrected chi connectivity index (χ3v) is 5.98. The first-order valence-electron chi connectivity index (χ1n) is 10.7. The zero-order valence-corrected chi connectivity index (χ0v) is 19.4. The van der Waals surface area contributed by atoms with Crippen molar-refractivity contribution in [3.63, 3.8) is 0 Å². The highest BCUT2D eigenvalue weighted by molar-refractivity contribution is 6.10. The van der Waals surface area contributed by atoms with E-state index >= 15 is 0 Å². The van der Waals surface area contributed by atoms with Gasteiger partial charge in [0.25, 0.3) is 5.91 Å². The van der Waals surface area contributed by atoms with Gasteiger partial charge in [-0.1, -0.05) is 20.8 Å². The number of rotatable bonds is 5. The number of carbonyl (C=O) groups excluding carboxylic acids is 5. The van der Waals surface area contributed by atoms with Gasteiger partial charge in [0.2, 0.25) is 5.91 Å². The molecule has 1 aliphatic heterocycles. The number of carbonyl (C=O) groups is 5. The summed E-state index contributed by atoms with van der Waals surface area (Å²) in [7, 11) is 2.37. The van der Waals surface area contributed by atoms with Crippen molar-refractivity contribution in [3.8, 4) is 0 Å². The highest BCUT2D eigenvalue weighted by Gasteiger charge is 2.56. The fourth-order valence-corrected chi connectivity index (χ4v) is 5.16. The maximum absolute atomic E-state index is 13.2. The zero-order valence-electron chi connectivity index (χ0n) is 19.4. The van der Waals surface area contributed by atoms with Crippen LogP contribution in [-0.2, 0) is 19.1 Å². The molecule has 1 spiro atoms. The Morgan fingerprint density at radius 3 is 2.15 bits per heavy atom. The van der Waals surface area contributed by atoms with Crippen LogP contribution in [0.5, 0.6) is 0 Å². The number of hydrogen-bond acceptors (Lipinski definition) is 7. The number of hydrogen-bond donors (Lipinski definition) is 2. The lowest BCUT2D eigenvalue weighted by molar-refractivity contribution is -0.136. The van der Waals surface area contributed by atoms with Crippen LogP contribution in [-0.4, -0.2) is 61.0 Å². The first-order valence-corrected chi connectivity index (χ1v) is 10.7. The van der Waals surface area contributed by atoms with Crippen LogP contribution in [0.1, 0.15) is 60.7 Å². The first kappa shape index (κ1) is 24.2. The number of benzene rings is 1. The Kier molecular flexibility index (Phi) is 6.49. The standard InChI is InChI=1S/C23H29N3O7/c1-13-9-22(2,3)12-23(10-13)20(30)26(21(31)25-23)11-17(27)24-16-7-14(18(28)32-4)6-15(8-16)19(29)33-5/h6-8,13H,9-12H2,1-5H3,(H,24,27)(H,25,31). The molecule has 1 aromatic rings. The van der Waals surface area contributed by atoms with Gasteiger partial charge in [0.05, 0.1) is 25.3 Å². The van der Waals surface area contributed by atoms with E-state index in [0.29, 0.717) is 12.8 Å². The molecule has 2 N–H and O–H groups in total. The van der Waals surface area contributed by atoms with Crippen LogP contribution in [0.25, 0.3) is 0 Å². The molecular formula is C23H29N3O7. The monoisotopic (exact) mass is 459 g/mol. The van der Waals surface area contributed by atoms with Crippen LogP contribution in [0.2, 0.25) is 0 Å². The third-order valence-electron chi connectivity index (χ3n) is 5.98. The number of anilines is 1. The van der Waals surface area contributed by atoms with Crippen molar-refractivity contribution < 1.29 is 33.4 Å². The lowest BCUT2D eigenvalue weighted by atomic mass is 9.64. The van der Waals surface area contributed by atoms with E-state index in [2.05, 4.69) is 34.0 Å². The zero-order chi connectivity index (χ0) is 24.6. The molecule has 2 fully saturated rings. The van der Waals surface area contributed by atoms with Crippen LogP contribution < -0.4 is 10.6 Å². The predicted octanol–water partition coefficient (Wildman–Crippen LogP) is 2.34. The number of urea groups is 1. The molecule has 1 saturated carbocycles. The summed E-state index contributed by atoms with van der Waals surface area (Å²) >= 11 is 0. The Hall–Kier alpha value is -3.43. The van der Waals surface area contributed by atoms with Gasteiger partial charge in [-0.2, -0.15) is 0 Å². The van der Waals surface area contributed by atoms with E-state index in [4.69, 9.17) is 0 Å². The summed E-state index contributed by atoms with van der Waals surface area (Å²) in [6, 6.07) is 3.32. The van der Waals surface area contributed by atoms with Crippen molar-refractivity contribution in [3.05, 3.63) is 29.3 Å². The van der Waals surface area contributed by atoms with Gasteiger partial charge in [-0.25, -0.2) is 14.4 Å². The summed E-state index contributed by atoms with van der Waals surface area (Å²) < 4.78 is 9.36. The molecule has 2 unspecified atom stereocenters. The van der Waals surface area contributed by atoms with E-state index in [9.17, 15) is 24.0 Å². The molecule has 2 aliphatic rings. The summed E-state index contributed by atoms with van der Waals surface area (Å²) in [4.78, 5) is 63.3. The van der Waals surface area contributed by atoms with Crippen molar-refractivity contribution in [1.82, 2.24) is 10.2 Å². The topological polar surface area (TPSA) is 131 Å². The maximum Gasteiger partial charge on any atom is 0.337 e. The number of methoxy groups -OCH3 is 2. The van der Waals surface area contributed by atoms with Crippen LogP contribution in [0.4, 0.5) is 10.5 Å². The van der Waals surface area contributed by atoms with Gasteiger partial charge in [-0.05, 0) is 48.8 Å². The van der Waals surface area contributed by atoms with Crippen molar-refractivity contribution in [2.75, 3.05) is 26.1 Å². The van der Waals surface area contributed by atoms with Crippen LogP contribution >= 0.6 is 0 Å². The normalized spacial score (nSPS) is 23.8. The summed E-state index contributed by atoms with van der Waals surface area (Å²) in [5, 5.41) is 5.36. The van der Waals surface area contributed by atoms with Crippen molar-refractivity contribution >= 4 is 35.5 Å². The third kappa shape index (κ3) is 4.99. The second kappa shape index (κ2) is 8.84. The maximum atomic E-state index is 13.2. The van der Waals surface area contributed by atoms with Gasteiger partial charge >= 0.3 is 18.0 Å². The Bertz CT molecular complexity index is 985. The highest BCUT2D eigenvalue weighted by atomic mass is 16.5. The number of nitrogens with one attached hydrogen (secondary N) is 2. The van der Waals surface area contributed by atoms with Crippen LogP contribution in [0, 0.1) is 11.3 Å². The Balaban J connectivity index is 1.78. The molecule has 0 aromatic heterocycles. The molecule has 178 valence electrons. The summed E-state index contributed by atoms with van der Waals surface area (Å²) in [6.45, 7) is 5.67. The Morgan fingerprint density at radius 1 is 1.06 bits per heavy atom. The van der Waals surface area contributed by atoms with Crippen molar-refractivity contribution in [1.29, 1.82) is 0 Å². The molecular weight excluding hydrogens is 430 g/mol. The van der Waals surface area contributed by atoms with Gasteiger partial charge in [0, 0.05) is 5.69 Å². The smallest absolute Gasteiger partial charge is 0.337 e. The number of amides is 4. The molecule has 0 radical (unpaired) electrons. The van der Waals surface area contributed by atoms with E-state index < -0.39 is 41.9 Å². The molecule has 1 aromatic carbocycles. The number of esters is 2. The largest absolute Gasteiger partial charge is 0.465 e. The van der Waals surface area contributed by atoms with Gasteiger partial charge in [0.1, 0.15) is 12.1 Å². The molecule has 2 atom stereocenters. The van der Waals surface area contributed by atoms with E-state index in [1.807, 2.05) is 6.92 Å². The fraction of sp³-hybridized carbons (Fsp3) is 0.522. The SMILES string of the molecule is COC(=O)c1cc(NC(=O)CN2C(=O)NC3(CC(C)CC(C)(C)C3)C2=O)cc(C(=O)OC)c1. The average Bonchev–Trinajstić information content (AvgIpc) is 2.93. The minimum atomic E-state index is -1.01. The molecule has 3 rings (SSSR count). The summed E-state index contributed by atoms with van der Waals surface area (Å²) in [5.74, 6) is -2.25. The van der Waals surface area contributed by atoms with Crippen LogP contribution in [0.15, 0.2) is 18.2 Å². The first-order chi connectivity index (χ1) is 15.4. The van der Waals surface area contributed by atoms with Crippen molar-refractivity contribution in [2.24, 2.45) is 11.3 Å². The predicted molar refractivity (Wildman–Crippen MR) is 118 cm³/mol. The molecule has 1 heterocycles. The van der Waals surface area contributed by atoms with E-state index in [1.54, 1.807) is 0 Å². The fourth-order valence-electron chi connectivity index (χ4n) is 5.16. The summed E-state index contributed by atoms with van der Waals surface area (Å²) in [5.41, 5.74) is -0.956. The molecule has 33 heavy (non-hydrogen) atoms. The van der Waals surface area contributed by atoms with Gasteiger partial charge in [-0.15, -0.1) is 0 Å². The van der Waals surface area contributed by atoms with Crippen molar-refractivity contribution in [2.45, 2.75) is 45.6 Å². The average molecular weight is 459 g/mol. The van der Waals surface area contributed by atoms with E-state index in [-0.39, 0.29) is 28.1 Å². The summed E-state index contributed by atoms with van der Waals surface area (Å²) in [6.07, 6.45) is 1.96. The van der Waals surface area contributed by atoms with Crippen LogP contribution in [0.3, 0.4) is 0 Å². The minimum Gasteiger partial charge on any atom is -0.465 e. The minimum absolute atomic E-state index is 0.0306. The van der Waals surface area contributed by atoms with Gasteiger partial charge in [0.15, 0.2) is 0 Å². The number of imide groups is 1. The Labute approximate surface area is 192 Å².